The summed E-state index contributed by atoms with van der Waals surface area (Å²) in [4.78, 5) is 0. The predicted molar refractivity (Wildman–Crippen MR) is 65.5 cm³/mol. The predicted octanol–water partition coefficient (Wildman–Crippen LogP) is 3.05. The van der Waals surface area contributed by atoms with Gasteiger partial charge in [-0.3, -0.25) is 0 Å². The van der Waals surface area contributed by atoms with E-state index in [0.717, 1.165) is 17.9 Å². The topological polar surface area (TPSA) is 45.0 Å². The van der Waals surface area contributed by atoms with E-state index in [1.807, 2.05) is 24.3 Å². The summed E-state index contributed by atoms with van der Waals surface area (Å²) >= 11 is 0. The highest BCUT2D eigenvalue weighted by Gasteiger charge is 2.09. The van der Waals surface area contributed by atoms with Crippen LogP contribution in [-0.2, 0) is 0 Å². The second-order valence-corrected chi connectivity index (χ2v) is 4.18. The number of benzene rings is 1. The molecule has 1 unspecified atom stereocenters. The van der Waals surface area contributed by atoms with Crippen molar-refractivity contribution in [2.75, 3.05) is 12.4 Å². The van der Waals surface area contributed by atoms with Gasteiger partial charge in [0, 0.05) is 5.69 Å². The molecule has 0 bridgehead atoms. The van der Waals surface area contributed by atoms with Crippen molar-refractivity contribution < 1.29 is 4.74 Å². The molecule has 86 valence electrons. The molecule has 0 aliphatic rings. The number of hydrogen-bond acceptors (Lipinski definition) is 3. The fourth-order valence-corrected chi connectivity index (χ4v) is 1.50. The third kappa shape index (κ3) is 3.82. The van der Waals surface area contributed by atoms with E-state index in [4.69, 9.17) is 10.00 Å². The Morgan fingerprint density at radius 3 is 2.38 bits per heavy atom. The lowest BCUT2D eigenvalue weighted by Gasteiger charge is -2.15. The average Bonchev–Trinajstić information content (AvgIpc) is 2.28. The monoisotopic (exact) mass is 218 g/mol. The van der Waals surface area contributed by atoms with Crippen LogP contribution >= 0.6 is 0 Å². The van der Waals surface area contributed by atoms with Gasteiger partial charge in [-0.1, -0.05) is 13.8 Å². The van der Waals surface area contributed by atoms with Crippen molar-refractivity contribution >= 4 is 5.69 Å². The lowest BCUT2D eigenvalue weighted by Crippen LogP contribution is -2.19. The molecule has 0 spiro atoms. The summed E-state index contributed by atoms with van der Waals surface area (Å²) in [5.41, 5.74) is 0.952. The lowest BCUT2D eigenvalue weighted by molar-refractivity contribution is 0.415. The minimum atomic E-state index is -0.131. The van der Waals surface area contributed by atoms with Crippen molar-refractivity contribution in [2.45, 2.75) is 26.3 Å². The van der Waals surface area contributed by atoms with E-state index >= 15 is 0 Å². The highest BCUT2D eigenvalue weighted by atomic mass is 16.5. The van der Waals surface area contributed by atoms with Crippen LogP contribution in [0.4, 0.5) is 5.69 Å². The van der Waals surface area contributed by atoms with Crippen molar-refractivity contribution in [3.05, 3.63) is 24.3 Å². The third-order valence-corrected chi connectivity index (χ3v) is 2.29. The Bertz CT molecular complexity index is 351. The SMILES string of the molecule is COc1ccc(NC(C#N)CC(C)C)cc1. The summed E-state index contributed by atoms with van der Waals surface area (Å²) < 4.78 is 5.07. The molecule has 0 aliphatic heterocycles. The molecule has 1 aromatic rings. The summed E-state index contributed by atoms with van der Waals surface area (Å²) in [5.74, 6) is 1.33. The molecule has 1 N–H and O–H groups in total. The summed E-state index contributed by atoms with van der Waals surface area (Å²) in [6, 6.07) is 9.74. The van der Waals surface area contributed by atoms with Crippen LogP contribution in [0.1, 0.15) is 20.3 Å². The zero-order chi connectivity index (χ0) is 12.0. The largest absolute Gasteiger partial charge is 0.497 e. The first kappa shape index (κ1) is 12.4. The van der Waals surface area contributed by atoms with Crippen LogP contribution in [0.5, 0.6) is 5.75 Å². The van der Waals surface area contributed by atoms with Gasteiger partial charge in [0.05, 0.1) is 13.2 Å². The first-order valence-corrected chi connectivity index (χ1v) is 5.46. The molecular formula is C13H18N2O. The van der Waals surface area contributed by atoms with Crippen LogP contribution in [-0.4, -0.2) is 13.2 Å². The van der Waals surface area contributed by atoms with Gasteiger partial charge in [0.1, 0.15) is 11.8 Å². The van der Waals surface area contributed by atoms with Crippen LogP contribution < -0.4 is 10.1 Å². The van der Waals surface area contributed by atoms with Crippen molar-refractivity contribution in [2.24, 2.45) is 5.92 Å². The molecule has 0 radical (unpaired) electrons. The molecular weight excluding hydrogens is 200 g/mol. The number of hydrogen-bond donors (Lipinski definition) is 1. The average molecular weight is 218 g/mol. The number of anilines is 1. The lowest BCUT2D eigenvalue weighted by atomic mass is 10.0. The normalized spacial score (nSPS) is 11.9. The number of methoxy groups -OCH3 is 1. The molecule has 1 atom stereocenters. The highest BCUT2D eigenvalue weighted by molar-refractivity contribution is 5.48. The Kier molecular flexibility index (Phi) is 4.65. The Balaban J connectivity index is 2.60. The van der Waals surface area contributed by atoms with Gasteiger partial charge >= 0.3 is 0 Å². The second kappa shape index (κ2) is 6.02. The van der Waals surface area contributed by atoms with Crippen LogP contribution in [0.2, 0.25) is 0 Å². The zero-order valence-electron chi connectivity index (χ0n) is 10.0. The van der Waals surface area contributed by atoms with Crippen LogP contribution in [0.3, 0.4) is 0 Å². The first-order valence-electron chi connectivity index (χ1n) is 5.46. The number of nitrogens with one attached hydrogen (secondary N) is 1. The van der Waals surface area contributed by atoms with E-state index in [9.17, 15) is 0 Å². The highest BCUT2D eigenvalue weighted by Crippen LogP contribution is 2.17. The standard InChI is InChI=1S/C13H18N2O/c1-10(2)8-12(9-14)15-11-4-6-13(16-3)7-5-11/h4-7,10,12,15H,8H2,1-3H3. The Morgan fingerprint density at radius 2 is 1.94 bits per heavy atom. The van der Waals surface area contributed by atoms with Gasteiger partial charge in [0.25, 0.3) is 0 Å². The quantitative estimate of drug-likeness (QED) is 0.826. The van der Waals surface area contributed by atoms with E-state index in [1.54, 1.807) is 7.11 Å². The summed E-state index contributed by atoms with van der Waals surface area (Å²) in [6.45, 7) is 4.22. The van der Waals surface area contributed by atoms with Gasteiger partial charge in [0.15, 0.2) is 0 Å². The Hall–Kier alpha value is -1.69. The molecule has 0 fully saturated rings. The smallest absolute Gasteiger partial charge is 0.119 e. The molecule has 0 aliphatic carbocycles. The Morgan fingerprint density at radius 1 is 1.31 bits per heavy atom. The van der Waals surface area contributed by atoms with Crippen molar-refractivity contribution in [3.8, 4) is 11.8 Å². The second-order valence-electron chi connectivity index (χ2n) is 4.18. The molecule has 0 saturated heterocycles. The van der Waals surface area contributed by atoms with Crippen LogP contribution in [0, 0.1) is 17.2 Å². The fourth-order valence-electron chi connectivity index (χ4n) is 1.50. The van der Waals surface area contributed by atoms with Gasteiger partial charge in [-0.2, -0.15) is 5.26 Å². The summed E-state index contributed by atoms with van der Waals surface area (Å²) in [7, 11) is 1.64. The number of rotatable bonds is 5. The maximum absolute atomic E-state index is 9.00. The molecule has 1 rings (SSSR count). The van der Waals surface area contributed by atoms with Crippen LogP contribution in [0.25, 0.3) is 0 Å². The van der Waals surface area contributed by atoms with Gasteiger partial charge < -0.3 is 10.1 Å². The molecule has 0 saturated carbocycles. The fraction of sp³-hybridized carbons (Fsp3) is 0.462. The molecule has 0 heterocycles. The maximum Gasteiger partial charge on any atom is 0.119 e. The van der Waals surface area contributed by atoms with Gasteiger partial charge in [-0.05, 0) is 36.6 Å². The number of ether oxygens (including phenoxy) is 1. The summed E-state index contributed by atoms with van der Waals surface area (Å²) in [6.07, 6.45) is 0.850. The summed E-state index contributed by atoms with van der Waals surface area (Å²) in [5, 5.41) is 12.2. The molecule has 3 heteroatoms. The molecule has 0 amide bonds. The van der Waals surface area contributed by atoms with Crippen LogP contribution in [0.15, 0.2) is 24.3 Å². The molecule has 1 aromatic carbocycles. The Labute approximate surface area is 97.0 Å². The zero-order valence-corrected chi connectivity index (χ0v) is 10.0. The minimum absolute atomic E-state index is 0.131. The number of nitrogens with zero attached hydrogens (tertiary/aromatic N) is 1. The molecule has 16 heavy (non-hydrogen) atoms. The van der Waals surface area contributed by atoms with E-state index in [2.05, 4.69) is 25.2 Å². The minimum Gasteiger partial charge on any atom is -0.497 e. The number of nitriles is 1. The van der Waals surface area contributed by atoms with E-state index in [-0.39, 0.29) is 6.04 Å². The molecule has 3 nitrogen and oxygen atoms in total. The van der Waals surface area contributed by atoms with E-state index in [1.165, 1.54) is 0 Å². The van der Waals surface area contributed by atoms with Crippen molar-refractivity contribution in [1.29, 1.82) is 5.26 Å². The van der Waals surface area contributed by atoms with Crippen molar-refractivity contribution in [3.63, 3.8) is 0 Å². The first-order chi connectivity index (χ1) is 7.65. The van der Waals surface area contributed by atoms with Gasteiger partial charge in [-0.25, -0.2) is 0 Å². The van der Waals surface area contributed by atoms with E-state index < -0.39 is 0 Å². The maximum atomic E-state index is 9.00. The van der Waals surface area contributed by atoms with Crippen molar-refractivity contribution in [1.82, 2.24) is 0 Å². The molecule has 0 aromatic heterocycles. The third-order valence-electron chi connectivity index (χ3n) is 2.29. The van der Waals surface area contributed by atoms with Gasteiger partial charge in [0.2, 0.25) is 0 Å². The van der Waals surface area contributed by atoms with Gasteiger partial charge in [-0.15, -0.1) is 0 Å². The van der Waals surface area contributed by atoms with E-state index in [0.29, 0.717) is 5.92 Å².